The van der Waals surface area contributed by atoms with Crippen molar-refractivity contribution in [3.05, 3.63) is 75.1 Å². The van der Waals surface area contributed by atoms with Gasteiger partial charge in [-0.1, -0.05) is 15.9 Å². The van der Waals surface area contributed by atoms with Crippen LogP contribution in [0.25, 0.3) is 0 Å². The molecule has 0 bridgehead atoms. The molecule has 0 saturated heterocycles. The summed E-state index contributed by atoms with van der Waals surface area (Å²) in [6, 6.07) is 11.2. The summed E-state index contributed by atoms with van der Waals surface area (Å²) in [6.07, 6.45) is 4.99. The fraction of sp³-hybridized carbons (Fsp3) is 0.150. The zero-order valence-corrected chi connectivity index (χ0v) is 19.3. The van der Waals surface area contributed by atoms with Crippen LogP contribution in [-0.4, -0.2) is 30.0 Å². The third kappa shape index (κ3) is 5.12. The van der Waals surface area contributed by atoms with Gasteiger partial charge in [0.1, 0.15) is 5.03 Å². The number of nitrogens with zero attached hydrogens (tertiary/aromatic N) is 3. The lowest BCUT2D eigenvalue weighted by Gasteiger charge is -2.20. The van der Waals surface area contributed by atoms with E-state index in [0.717, 1.165) is 20.2 Å². The van der Waals surface area contributed by atoms with Gasteiger partial charge in [-0.05, 0) is 57.9 Å². The van der Waals surface area contributed by atoms with E-state index in [-0.39, 0.29) is 5.91 Å². The number of nitrogens with one attached hydrogen (secondary N) is 1. The summed E-state index contributed by atoms with van der Waals surface area (Å²) in [7, 11) is 4.02. The second-order valence-electron chi connectivity index (χ2n) is 6.12. The first kappa shape index (κ1) is 20.8. The number of benzene rings is 1. The van der Waals surface area contributed by atoms with E-state index in [4.69, 9.17) is 0 Å². The summed E-state index contributed by atoms with van der Waals surface area (Å²) < 4.78 is 2.01. The van der Waals surface area contributed by atoms with Crippen LogP contribution in [0, 0.1) is 0 Å². The van der Waals surface area contributed by atoms with Crippen molar-refractivity contribution in [3.63, 3.8) is 0 Å². The Bertz CT molecular complexity index is 983. The van der Waals surface area contributed by atoms with Crippen molar-refractivity contribution in [1.29, 1.82) is 0 Å². The third-order valence-electron chi connectivity index (χ3n) is 3.87. The molecule has 5 nitrogen and oxygen atoms in total. The van der Waals surface area contributed by atoms with E-state index in [9.17, 15) is 4.79 Å². The molecule has 0 saturated carbocycles. The molecule has 8 heteroatoms. The molecular weight excluding hydrogens is 504 g/mol. The van der Waals surface area contributed by atoms with Crippen LogP contribution >= 0.6 is 43.6 Å². The number of halogens is 2. The average molecular weight is 522 g/mol. The summed E-state index contributed by atoms with van der Waals surface area (Å²) in [5, 5.41) is 3.58. The molecule has 0 fully saturated rings. The molecule has 0 spiro atoms. The molecule has 0 aliphatic carbocycles. The van der Waals surface area contributed by atoms with Crippen molar-refractivity contribution < 1.29 is 4.79 Å². The molecule has 0 unspecified atom stereocenters. The first-order chi connectivity index (χ1) is 13.5. The quantitative estimate of drug-likeness (QED) is 0.427. The van der Waals surface area contributed by atoms with Gasteiger partial charge < -0.3 is 10.2 Å². The third-order valence-corrected chi connectivity index (χ3v) is 5.99. The molecule has 0 aliphatic heterocycles. The fourth-order valence-corrected chi connectivity index (χ4v) is 5.32. The molecule has 3 aromatic rings. The van der Waals surface area contributed by atoms with E-state index in [2.05, 4.69) is 58.1 Å². The number of rotatable bonds is 6. The minimum atomic E-state index is -0.190. The number of hydrogen-bond acceptors (Lipinski definition) is 5. The first-order valence-electron chi connectivity index (χ1n) is 8.40. The Labute approximate surface area is 185 Å². The van der Waals surface area contributed by atoms with Crippen LogP contribution in [0.3, 0.4) is 0 Å². The summed E-state index contributed by atoms with van der Waals surface area (Å²) in [4.78, 5) is 23.2. The lowest BCUT2D eigenvalue weighted by Crippen LogP contribution is -2.14. The normalized spacial score (nSPS) is 10.6. The van der Waals surface area contributed by atoms with E-state index >= 15 is 0 Å². The lowest BCUT2D eigenvalue weighted by molar-refractivity contribution is 0.102. The van der Waals surface area contributed by atoms with Crippen molar-refractivity contribution >= 4 is 60.9 Å². The van der Waals surface area contributed by atoms with E-state index in [0.29, 0.717) is 22.0 Å². The molecule has 0 atom stereocenters. The summed E-state index contributed by atoms with van der Waals surface area (Å²) in [6.45, 7) is 0. The predicted molar refractivity (Wildman–Crippen MR) is 122 cm³/mol. The number of carbonyl (C=O) groups is 1. The highest BCUT2D eigenvalue weighted by Crippen LogP contribution is 2.36. The summed E-state index contributed by atoms with van der Waals surface area (Å²) >= 11 is 8.72. The van der Waals surface area contributed by atoms with Crippen molar-refractivity contribution in [2.24, 2.45) is 0 Å². The molecule has 2 heterocycles. The Kier molecular flexibility index (Phi) is 7.09. The van der Waals surface area contributed by atoms with Crippen LogP contribution in [0.2, 0.25) is 0 Å². The van der Waals surface area contributed by atoms with E-state index in [1.54, 1.807) is 42.9 Å². The van der Waals surface area contributed by atoms with E-state index < -0.39 is 0 Å². The number of pyridine rings is 2. The smallest absolute Gasteiger partial charge is 0.258 e. The van der Waals surface area contributed by atoms with Gasteiger partial charge in [0.25, 0.3) is 5.91 Å². The zero-order valence-electron chi connectivity index (χ0n) is 15.3. The van der Waals surface area contributed by atoms with Gasteiger partial charge in [0, 0.05) is 53.1 Å². The van der Waals surface area contributed by atoms with Crippen LogP contribution in [0.4, 0.5) is 11.4 Å². The highest BCUT2D eigenvalue weighted by Gasteiger charge is 2.16. The van der Waals surface area contributed by atoms with Crippen LogP contribution in [0.15, 0.2) is 69.0 Å². The van der Waals surface area contributed by atoms with Crippen molar-refractivity contribution in [3.8, 4) is 0 Å². The van der Waals surface area contributed by atoms with E-state index in [1.807, 2.05) is 20.2 Å². The molecule has 1 amide bonds. The van der Waals surface area contributed by atoms with Gasteiger partial charge in [-0.2, -0.15) is 0 Å². The van der Waals surface area contributed by atoms with E-state index in [1.165, 1.54) is 11.8 Å². The van der Waals surface area contributed by atoms with Crippen LogP contribution < -0.4 is 10.2 Å². The first-order valence-corrected chi connectivity index (χ1v) is 11.0. The standard InChI is InChI=1S/C20H18Br2N4OS/c1-26(2)18-13(10-14(21)11-17(18)22)12-28-20-16(4-3-7-24-20)19(27)25-15-5-8-23-9-6-15/h3-11H,12H2,1-2H3,(H,23,25,27). The van der Waals surface area contributed by atoms with Crippen molar-refractivity contribution in [2.45, 2.75) is 10.8 Å². The highest BCUT2D eigenvalue weighted by molar-refractivity contribution is 9.11. The maximum absolute atomic E-state index is 12.7. The monoisotopic (exact) mass is 520 g/mol. The van der Waals surface area contributed by atoms with Gasteiger partial charge in [-0.3, -0.25) is 9.78 Å². The molecule has 2 aromatic heterocycles. The Morgan fingerprint density at radius 2 is 1.89 bits per heavy atom. The van der Waals surface area contributed by atoms with Crippen molar-refractivity contribution in [1.82, 2.24) is 9.97 Å². The molecule has 0 aliphatic rings. The van der Waals surface area contributed by atoms with Gasteiger partial charge in [-0.25, -0.2) is 4.98 Å². The second kappa shape index (κ2) is 9.54. The molecule has 3 rings (SSSR count). The van der Waals surface area contributed by atoms with Crippen LogP contribution in [0.1, 0.15) is 15.9 Å². The SMILES string of the molecule is CN(C)c1c(Br)cc(Br)cc1CSc1ncccc1C(=O)Nc1ccncc1. The Hall–Kier alpha value is -1.90. The molecular formula is C20H18Br2N4OS. The number of aromatic nitrogens is 2. The fourth-order valence-electron chi connectivity index (χ4n) is 2.69. The maximum Gasteiger partial charge on any atom is 0.258 e. The largest absolute Gasteiger partial charge is 0.377 e. The minimum Gasteiger partial charge on any atom is -0.377 e. The highest BCUT2D eigenvalue weighted by atomic mass is 79.9. The number of thioether (sulfide) groups is 1. The number of anilines is 2. The second-order valence-corrected chi connectivity index (χ2v) is 8.86. The Morgan fingerprint density at radius 3 is 2.61 bits per heavy atom. The lowest BCUT2D eigenvalue weighted by atomic mass is 10.2. The Morgan fingerprint density at radius 1 is 1.14 bits per heavy atom. The van der Waals surface area contributed by atoms with Gasteiger partial charge >= 0.3 is 0 Å². The average Bonchev–Trinajstić information content (AvgIpc) is 2.66. The number of hydrogen-bond donors (Lipinski definition) is 1. The summed E-state index contributed by atoms with van der Waals surface area (Å²) in [5.41, 5.74) is 3.49. The molecule has 144 valence electrons. The Balaban J connectivity index is 1.82. The van der Waals surface area contributed by atoms with Crippen LogP contribution in [-0.2, 0) is 5.75 Å². The van der Waals surface area contributed by atoms with Crippen LogP contribution in [0.5, 0.6) is 0 Å². The number of carbonyl (C=O) groups excluding carboxylic acids is 1. The van der Waals surface area contributed by atoms with Gasteiger partial charge in [0.2, 0.25) is 0 Å². The summed E-state index contributed by atoms with van der Waals surface area (Å²) in [5.74, 6) is 0.489. The van der Waals surface area contributed by atoms with Crippen molar-refractivity contribution in [2.75, 3.05) is 24.3 Å². The minimum absolute atomic E-state index is 0.190. The number of amides is 1. The molecule has 1 N–H and O–H groups in total. The molecule has 1 aromatic carbocycles. The van der Waals surface area contributed by atoms with Gasteiger partial charge in [0.05, 0.1) is 11.3 Å². The maximum atomic E-state index is 12.7. The molecule has 28 heavy (non-hydrogen) atoms. The van der Waals surface area contributed by atoms with Gasteiger partial charge in [0.15, 0.2) is 0 Å². The zero-order chi connectivity index (χ0) is 20.1. The van der Waals surface area contributed by atoms with Gasteiger partial charge in [-0.15, -0.1) is 11.8 Å². The predicted octanol–water partition coefficient (Wildman–Crippen LogP) is 5.61. The topological polar surface area (TPSA) is 58.1 Å². The molecule has 0 radical (unpaired) electrons.